The van der Waals surface area contributed by atoms with Crippen LogP contribution < -0.4 is 20.3 Å². The maximum Gasteiger partial charge on any atom is 0.262 e. The van der Waals surface area contributed by atoms with Gasteiger partial charge in [-0.25, -0.2) is 0 Å². The van der Waals surface area contributed by atoms with Crippen molar-refractivity contribution < 1.29 is 14.3 Å². The third-order valence-electron chi connectivity index (χ3n) is 6.34. The maximum absolute atomic E-state index is 12.4. The molecule has 0 spiro atoms. The fourth-order valence-corrected chi connectivity index (χ4v) is 4.94. The van der Waals surface area contributed by atoms with Crippen LogP contribution in [0.2, 0.25) is 0 Å². The lowest BCUT2D eigenvalue weighted by Gasteiger charge is -2.29. The van der Waals surface area contributed by atoms with Crippen LogP contribution in [0.15, 0.2) is 97.3 Å². The molecule has 8 nitrogen and oxygen atoms in total. The van der Waals surface area contributed by atoms with E-state index < -0.39 is 0 Å². The number of para-hydroxylation sites is 1. The van der Waals surface area contributed by atoms with E-state index in [4.69, 9.17) is 21.7 Å². The molecule has 194 valence electrons. The largest absolute Gasteiger partial charge is 0.484 e. The molecule has 3 heterocycles. The fourth-order valence-electron chi connectivity index (χ4n) is 4.59. The van der Waals surface area contributed by atoms with Gasteiger partial charge in [-0.1, -0.05) is 24.3 Å². The Morgan fingerprint density at radius 1 is 1.03 bits per heavy atom. The minimum atomic E-state index is -0.232. The van der Waals surface area contributed by atoms with Crippen LogP contribution in [0.5, 0.6) is 5.75 Å². The molecule has 0 bridgehead atoms. The number of thiocarbonyl (C=S) groups is 1. The lowest BCUT2D eigenvalue weighted by Crippen LogP contribution is -2.30. The van der Waals surface area contributed by atoms with E-state index in [1.807, 2.05) is 78.9 Å². The van der Waals surface area contributed by atoms with Crippen molar-refractivity contribution in [3.63, 3.8) is 0 Å². The summed E-state index contributed by atoms with van der Waals surface area (Å²) >= 11 is 5.83. The fraction of sp³-hybridized carbons (Fsp3) is 0.207. The van der Waals surface area contributed by atoms with Gasteiger partial charge in [0.15, 0.2) is 11.7 Å². The van der Waals surface area contributed by atoms with Crippen LogP contribution in [0.4, 0.5) is 11.4 Å². The van der Waals surface area contributed by atoms with Gasteiger partial charge in [-0.3, -0.25) is 9.78 Å². The summed E-state index contributed by atoms with van der Waals surface area (Å²) in [6.07, 6.45) is 3.85. The summed E-state index contributed by atoms with van der Waals surface area (Å²) in [7, 11) is 1.70. The average Bonchev–Trinajstić information content (AvgIpc) is 3.56. The SMILES string of the molecule is COCCn1cccc1C1C(c2ccccn2)NC(=S)N1c1ccc(NC(=O)COc2ccccc2)cc1. The summed E-state index contributed by atoms with van der Waals surface area (Å²) in [5, 5.41) is 6.98. The molecular formula is C29H29N5O3S. The number of benzene rings is 2. The second kappa shape index (κ2) is 11.9. The van der Waals surface area contributed by atoms with E-state index in [0.29, 0.717) is 23.2 Å². The average molecular weight is 528 g/mol. The van der Waals surface area contributed by atoms with Gasteiger partial charge in [-0.2, -0.15) is 0 Å². The summed E-state index contributed by atoms with van der Waals surface area (Å²) in [4.78, 5) is 19.1. The molecule has 4 aromatic rings. The Labute approximate surface area is 227 Å². The number of pyridine rings is 1. The molecule has 0 radical (unpaired) electrons. The van der Waals surface area contributed by atoms with Gasteiger partial charge in [0, 0.05) is 43.1 Å². The highest BCUT2D eigenvalue weighted by Gasteiger charge is 2.42. The second-order valence-corrected chi connectivity index (χ2v) is 9.20. The van der Waals surface area contributed by atoms with Crippen LogP contribution in [0.25, 0.3) is 0 Å². The van der Waals surface area contributed by atoms with E-state index in [-0.39, 0.29) is 24.6 Å². The van der Waals surface area contributed by atoms with Gasteiger partial charge in [0.2, 0.25) is 0 Å². The Morgan fingerprint density at radius 2 is 1.82 bits per heavy atom. The van der Waals surface area contributed by atoms with E-state index in [0.717, 1.165) is 23.6 Å². The Hall–Kier alpha value is -4.21. The minimum Gasteiger partial charge on any atom is -0.484 e. The first-order valence-corrected chi connectivity index (χ1v) is 12.8. The lowest BCUT2D eigenvalue weighted by molar-refractivity contribution is -0.118. The van der Waals surface area contributed by atoms with Gasteiger partial charge in [0.1, 0.15) is 11.8 Å². The highest BCUT2D eigenvalue weighted by atomic mass is 32.1. The van der Waals surface area contributed by atoms with Crippen molar-refractivity contribution in [1.29, 1.82) is 0 Å². The molecule has 2 atom stereocenters. The maximum atomic E-state index is 12.4. The zero-order valence-corrected chi connectivity index (χ0v) is 21.8. The smallest absolute Gasteiger partial charge is 0.262 e. The number of anilines is 2. The third-order valence-corrected chi connectivity index (χ3v) is 6.66. The zero-order valence-electron chi connectivity index (χ0n) is 21.0. The normalized spacial score (nSPS) is 16.8. The summed E-state index contributed by atoms with van der Waals surface area (Å²) in [5.74, 6) is 0.417. The first-order chi connectivity index (χ1) is 18.6. The predicted molar refractivity (Wildman–Crippen MR) is 151 cm³/mol. The van der Waals surface area contributed by atoms with E-state index >= 15 is 0 Å². The standard InChI is InChI=1S/C29H29N5O3S/c1-36-19-18-33-17-7-11-25(33)28-27(24-10-5-6-16-30-24)32-29(38)34(28)22-14-12-21(13-15-22)31-26(35)20-37-23-8-3-2-4-9-23/h2-17,27-28H,18-20H2,1H3,(H,31,35)(H,32,38). The van der Waals surface area contributed by atoms with Crippen LogP contribution in [0, 0.1) is 0 Å². The molecule has 2 aromatic heterocycles. The summed E-state index contributed by atoms with van der Waals surface area (Å²) in [6.45, 7) is 1.25. The van der Waals surface area contributed by atoms with Crippen LogP contribution in [0.1, 0.15) is 23.5 Å². The molecule has 0 aliphatic carbocycles. The number of carbonyl (C=O) groups excluding carboxylic acids is 1. The first-order valence-electron chi connectivity index (χ1n) is 12.4. The molecule has 2 aromatic carbocycles. The van der Waals surface area contributed by atoms with Crippen molar-refractivity contribution in [1.82, 2.24) is 14.9 Å². The molecule has 5 rings (SSSR count). The van der Waals surface area contributed by atoms with Crippen molar-refractivity contribution in [3.05, 3.63) is 109 Å². The number of hydrogen-bond donors (Lipinski definition) is 2. The summed E-state index contributed by atoms with van der Waals surface area (Å²) < 4.78 is 13.1. The van der Waals surface area contributed by atoms with Crippen LogP contribution in [0.3, 0.4) is 0 Å². The number of hydrogen-bond acceptors (Lipinski definition) is 5. The van der Waals surface area contributed by atoms with Crippen molar-refractivity contribution in [2.75, 3.05) is 30.5 Å². The number of nitrogens with zero attached hydrogens (tertiary/aromatic N) is 3. The van der Waals surface area contributed by atoms with Gasteiger partial charge in [-0.05, 0) is 72.9 Å². The molecule has 1 saturated heterocycles. The number of amides is 1. The number of carbonyl (C=O) groups is 1. The Balaban J connectivity index is 1.37. The first kappa shape index (κ1) is 25.4. The second-order valence-electron chi connectivity index (χ2n) is 8.81. The Morgan fingerprint density at radius 3 is 2.55 bits per heavy atom. The molecule has 2 unspecified atom stereocenters. The number of rotatable bonds is 10. The topological polar surface area (TPSA) is 80.7 Å². The predicted octanol–water partition coefficient (Wildman–Crippen LogP) is 4.72. The van der Waals surface area contributed by atoms with E-state index in [9.17, 15) is 4.79 Å². The molecule has 1 aliphatic rings. The van der Waals surface area contributed by atoms with Gasteiger partial charge >= 0.3 is 0 Å². The quantitative estimate of drug-likeness (QED) is 0.289. The van der Waals surface area contributed by atoms with Gasteiger partial charge < -0.3 is 29.6 Å². The van der Waals surface area contributed by atoms with Gasteiger partial charge in [0.05, 0.1) is 18.3 Å². The summed E-state index contributed by atoms with van der Waals surface area (Å²) in [6, 6.07) is 26.7. The Kier molecular flexibility index (Phi) is 7.96. The molecule has 1 fully saturated rings. The number of nitrogens with one attached hydrogen (secondary N) is 2. The van der Waals surface area contributed by atoms with Crippen molar-refractivity contribution in [2.45, 2.75) is 18.6 Å². The highest BCUT2D eigenvalue weighted by Crippen LogP contribution is 2.41. The minimum absolute atomic E-state index is 0.0712. The zero-order chi connectivity index (χ0) is 26.3. The van der Waals surface area contributed by atoms with E-state index in [1.165, 1.54) is 0 Å². The number of ether oxygens (including phenoxy) is 2. The number of aromatic nitrogens is 2. The van der Waals surface area contributed by atoms with Crippen molar-refractivity contribution >= 4 is 34.6 Å². The molecule has 9 heteroatoms. The van der Waals surface area contributed by atoms with E-state index in [1.54, 1.807) is 13.3 Å². The summed E-state index contributed by atoms with van der Waals surface area (Å²) in [5.41, 5.74) is 3.59. The van der Waals surface area contributed by atoms with E-state index in [2.05, 4.69) is 37.3 Å². The molecule has 0 saturated carbocycles. The van der Waals surface area contributed by atoms with Gasteiger partial charge in [-0.15, -0.1) is 0 Å². The molecule has 2 N–H and O–H groups in total. The van der Waals surface area contributed by atoms with Crippen LogP contribution >= 0.6 is 12.2 Å². The third kappa shape index (κ3) is 5.69. The van der Waals surface area contributed by atoms with Crippen molar-refractivity contribution in [2.24, 2.45) is 0 Å². The van der Waals surface area contributed by atoms with Crippen LogP contribution in [-0.2, 0) is 16.1 Å². The molecule has 1 amide bonds. The van der Waals surface area contributed by atoms with Gasteiger partial charge in [0.25, 0.3) is 5.91 Å². The number of methoxy groups -OCH3 is 1. The molecule has 38 heavy (non-hydrogen) atoms. The lowest BCUT2D eigenvalue weighted by atomic mass is 10.0. The molecule has 1 aliphatic heterocycles. The molecular weight excluding hydrogens is 498 g/mol. The monoisotopic (exact) mass is 527 g/mol. The highest BCUT2D eigenvalue weighted by molar-refractivity contribution is 7.80. The van der Waals surface area contributed by atoms with Crippen LogP contribution in [-0.4, -0.2) is 40.9 Å². The van der Waals surface area contributed by atoms with Crippen molar-refractivity contribution in [3.8, 4) is 5.75 Å². The Bertz CT molecular complexity index is 1360.